The molecule has 0 saturated carbocycles. The minimum atomic E-state index is -1.26. The monoisotopic (exact) mass is 555 g/mol. The van der Waals surface area contributed by atoms with Crippen LogP contribution in [0.1, 0.15) is 30.5 Å². The summed E-state index contributed by atoms with van der Waals surface area (Å²) in [5.41, 5.74) is 2.82. The number of nitrogens with zero attached hydrogens (tertiary/aromatic N) is 1. The van der Waals surface area contributed by atoms with Gasteiger partial charge in [0.25, 0.3) is 0 Å². The molecule has 7 nitrogen and oxygen atoms in total. The van der Waals surface area contributed by atoms with Crippen molar-refractivity contribution in [1.82, 2.24) is 4.90 Å². The first-order chi connectivity index (χ1) is 19.8. The van der Waals surface area contributed by atoms with Crippen LogP contribution in [0.25, 0.3) is 0 Å². The molecule has 0 bridgehead atoms. The number of benzene rings is 3. The van der Waals surface area contributed by atoms with Crippen molar-refractivity contribution in [3.05, 3.63) is 133 Å². The van der Waals surface area contributed by atoms with Gasteiger partial charge in [-0.05, 0) is 36.6 Å². The third-order valence-electron chi connectivity index (χ3n) is 7.30. The van der Waals surface area contributed by atoms with Crippen LogP contribution in [0.5, 0.6) is 0 Å². The van der Waals surface area contributed by atoms with E-state index in [0.717, 1.165) is 16.7 Å². The van der Waals surface area contributed by atoms with Gasteiger partial charge in [0.15, 0.2) is 5.79 Å². The van der Waals surface area contributed by atoms with Crippen LogP contribution in [0.4, 0.5) is 4.79 Å². The predicted octanol–water partition coefficient (Wildman–Crippen LogP) is 6.40. The van der Waals surface area contributed by atoms with Gasteiger partial charge < -0.3 is 23.7 Å². The third-order valence-corrected chi connectivity index (χ3v) is 7.30. The van der Waals surface area contributed by atoms with E-state index in [0.29, 0.717) is 6.61 Å². The first-order valence-electron chi connectivity index (χ1n) is 13.8. The van der Waals surface area contributed by atoms with Gasteiger partial charge in [-0.2, -0.15) is 0 Å². The Labute approximate surface area is 241 Å². The maximum atomic E-state index is 13.7. The Kier molecular flexibility index (Phi) is 8.71. The van der Waals surface area contributed by atoms with Crippen molar-refractivity contribution in [3.8, 4) is 0 Å². The highest BCUT2D eigenvalue weighted by Gasteiger charge is 2.65. The lowest BCUT2D eigenvalue weighted by molar-refractivity contribution is -0.249. The molecule has 0 aliphatic carbocycles. The van der Waals surface area contributed by atoms with Crippen LogP contribution >= 0.6 is 0 Å². The van der Waals surface area contributed by atoms with Gasteiger partial charge in [-0.1, -0.05) is 104 Å². The first-order valence-corrected chi connectivity index (χ1v) is 13.8. The van der Waals surface area contributed by atoms with Gasteiger partial charge in [0.1, 0.15) is 24.9 Å². The molecule has 2 heterocycles. The zero-order valence-corrected chi connectivity index (χ0v) is 23.6. The van der Waals surface area contributed by atoms with Crippen LogP contribution in [0.3, 0.4) is 0 Å². The van der Waals surface area contributed by atoms with E-state index in [1.807, 2.05) is 105 Å². The number of ether oxygens (including phenoxy) is 5. The zero-order chi connectivity index (χ0) is 28.9. The second-order valence-corrected chi connectivity index (χ2v) is 10.7. The number of fused-ring (bicyclic) bond motifs is 1. The SMILES string of the molecule is C=C[C@H]([C@@H]1O[C@@]2(C=C)OC(C)(C)O[C@H]2[C@H]1OCc1ccccc1)N(Cc1ccccc1)C(=O)OCc1ccccc1. The molecule has 1 amide bonds. The Morgan fingerprint density at radius 2 is 1.44 bits per heavy atom. The Hall–Kier alpha value is -3.75. The van der Waals surface area contributed by atoms with E-state index >= 15 is 0 Å². The van der Waals surface area contributed by atoms with Gasteiger partial charge in [-0.3, -0.25) is 4.90 Å². The molecule has 5 rings (SSSR count). The summed E-state index contributed by atoms with van der Waals surface area (Å²) in [6, 6.07) is 28.5. The maximum Gasteiger partial charge on any atom is 0.410 e. The summed E-state index contributed by atoms with van der Waals surface area (Å²) in [5, 5.41) is 0. The van der Waals surface area contributed by atoms with Crippen LogP contribution in [-0.2, 0) is 43.4 Å². The van der Waals surface area contributed by atoms with Crippen molar-refractivity contribution >= 4 is 6.09 Å². The Balaban J connectivity index is 1.46. The van der Waals surface area contributed by atoms with Gasteiger partial charge in [0.2, 0.25) is 5.79 Å². The minimum Gasteiger partial charge on any atom is -0.445 e. The lowest BCUT2D eigenvalue weighted by Crippen LogP contribution is -2.51. The molecule has 2 saturated heterocycles. The normalized spacial score (nSPS) is 25.2. The third kappa shape index (κ3) is 6.44. The lowest BCUT2D eigenvalue weighted by Gasteiger charge is -2.36. The van der Waals surface area contributed by atoms with Gasteiger partial charge in [0.05, 0.1) is 12.6 Å². The molecule has 0 N–H and O–H groups in total. The highest BCUT2D eigenvalue weighted by molar-refractivity contribution is 5.68. The molecule has 41 heavy (non-hydrogen) atoms. The number of hydrogen-bond acceptors (Lipinski definition) is 6. The van der Waals surface area contributed by atoms with Crippen LogP contribution in [0, 0.1) is 0 Å². The lowest BCUT2D eigenvalue weighted by atomic mass is 9.98. The number of amides is 1. The molecule has 2 aliphatic heterocycles. The smallest absolute Gasteiger partial charge is 0.410 e. The molecule has 0 aromatic heterocycles. The molecule has 0 radical (unpaired) electrons. The van der Waals surface area contributed by atoms with Crippen LogP contribution in [0.15, 0.2) is 116 Å². The average molecular weight is 556 g/mol. The quantitative estimate of drug-likeness (QED) is 0.255. The second-order valence-electron chi connectivity index (χ2n) is 10.7. The van der Waals surface area contributed by atoms with E-state index < -0.39 is 42.0 Å². The molecule has 2 fully saturated rings. The highest BCUT2D eigenvalue weighted by Crippen LogP contribution is 2.48. The topological polar surface area (TPSA) is 66.5 Å². The van der Waals surface area contributed by atoms with Crippen LogP contribution < -0.4 is 0 Å². The molecular formula is C34H37NO6. The van der Waals surface area contributed by atoms with E-state index in [1.54, 1.807) is 17.1 Å². The fraction of sp³-hybridized carbons (Fsp3) is 0.324. The summed E-state index contributed by atoms with van der Waals surface area (Å²) in [6.45, 7) is 12.5. The highest BCUT2D eigenvalue weighted by atomic mass is 16.9. The van der Waals surface area contributed by atoms with Crippen molar-refractivity contribution in [2.45, 2.75) is 69.5 Å². The van der Waals surface area contributed by atoms with Crippen LogP contribution in [0.2, 0.25) is 0 Å². The molecule has 3 aromatic rings. The predicted molar refractivity (Wildman–Crippen MR) is 155 cm³/mol. The molecule has 214 valence electrons. The van der Waals surface area contributed by atoms with Gasteiger partial charge in [0, 0.05) is 6.54 Å². The second kappa shape index (κ2) is 12.4. The summed E-state index contributed by atoms with van der Waals surface area (Å²) >= 11 is 0. The summed E-state index contributed by atoms with van der Waals surface area (Å²) in [4.78, 5) is 15.4. The molecule has 3 aromatic carbocycles. The molecular weight excluding hydrogens is 518 g/mol. The summed E-state index contributed by atoms with van der Waals surface area (Å²) in [7, 11) is 0. The van der Waals surface area contributed by atoms with Crippen molar-refractivity contribution < 1.29 is 28.5 Å². The Bertz CT molecular complexity index is 1310. The standard InChI is InChI=1S/C34H37NO6/c1-5-28(35(22-25-16-10-7-11-17-25)32(36)38-24-27-20-14-9-15-21-27)29-30(37-23-26-18-12-8-13-19-26)31-34(6-2,39-29)41-33(3,4)40-31/h5-21,28-31H,1-2,22-24H2,3-4H3/t28-,29+,30+,31+,34+/m1/s1. The number of hydrogen-bond donors (Lipinski definition) is 0. The Morgan fingerprint density at radius 3 is 2.00 bits per heavy atom. The Morgan fingerprint density at radius 1 is 0.878 bits per heavy atom. The summed E-state index contributed by atoms with van der Waals surface area (Å²) in [6.07, 6.45) is 0.881. The van der Waals surface area contributed by atoms with Crippen molar-refractivity contribution in [2.24, 2.45) is 0 Å². The van der Waals surface area contributed by atoms with Gasteiger partial charge in [-0.15, -0.1) is 6.58 Å². The summed E-state index contributed by atoms with van der Waals surface area (Å²) in [5.74, 6) is -2.18. The fourth-order valence-corrected chi connectivity index (χ4v) is 5.42. The van der Waals surface area contributed by atoms with E-state index in [9.17, 15) is 4.79 Å². The van der Waals surface area contributed by atoms with Gasteiger partial charge >= 0.3 is 6.09 Å². The number of carbonyl (C=O) groups excluding carboxylic acids is 1. The molecule has 0 spiro atoms. The first kappa shape index (κ1) is 28.8. The van der Waals surface area contributed by atoms with E-state index in [2.05, 4.69) is 13.2 Å². The van der Waals surface area contributed by atoms with E-state index in [1.165, 1.54) is 0 Å². The molecule has 0 unspecified atom stereocenters. The number of carbonyl (C=O) groups is 1. The van der Waals surface area contributed by atoms with Crippen molar-refractivity contribution in [3.63, 3.8) is 0 Å². The fourth-order valence-electron chi connectivity index (χ4n) is 5.42. The van der Waals surface area contributed by atoms with E-state index in [4.69, 9.17) is 23.7 Å². The largest absolute Gasteiger partial charge is 0.445 e. The summed E-state index contributed by atoms with van der Waals surface area (Å²) < 4.78 is 31.6. The van der Waals surface area contributed by atoms with Crippen molar-refractivity contribution in [2.75, 3.05) is 0 Å². The molecule has 5 atom stereocenters. The molecule has 7 heteroatoms. The molecule has 2 aliphatic rings. The maximum absolute atomic E-state index is 13.7. The number of rotatable bonds is 11. The zero-order valence-electron chi connectivity index (χ0n) is 23.6. The van der Waals surface area contributed by atoms with Crippen molar-refractivity contribution in [1.29, 1.82) is 0 Å². The van der Waals surface area contributed by atoms with Crippen LogP contribution in [-0.4, -0.2) is 46.9 Å². The van der Waals surface area contributed by atoms with Gasteiger partial charge in [-0.25, -0.2) is 4.79 Å². The van der Waals surface area contributed by atoms with E-state index in [-0.39, 0.29) is 13.2 Å². The average Bonchev–Trinajstić information content (AvgIpc) is 3.43. The minimum absolute atomic E-state index is 0.133.